The van der Waals surface area contributed by atoms with Gasteiger partial charge in [0.15, 0.2) is 0 Å². The molecular weight excluding hydrogens is 495 g/mol. The number of carbonyl (C=O) groups is 1. The summed E-state index contributed by atoms with van der Waals surface area (Å²) in [5, 5.41) is 4.09. The molecule has 0 spiro atoms. The van der Waals surface area contributed by atoms with Crippen LogP contribution in [0.15, 0.2) is 35.4 Å². The van der Waals surface area contributed by atoms with Crippen LogP contribution in [0.2, 0.25) is 6.32 Å². The summed E-state index contributed by atoms with van der Waals surface area (Å²) in [4.78, 5) is 16.6. The molecule has 0 aromatic heterocycles. The Kier molecular flexibility index (Phi) is 7.71. The number of benzene rings is 1. The third-order valence-electron chi connectivity index (χ3n) is 8.68. The Hall–Kier alpha value is -2.11. The molecule has 0 bridgehead atoms. The first-order valence-electron chi connectivity index (χ1n) is 12.9. The summed E-state index contributed by atoms with van der Waals surface area (Å²) >= 11 is 0. The number of carbonyl (C=O) groups excluding carboxylic acids is 1. The lowest BCUT2D eigenvalue weighted by molar-refractivity contribution is -0.153. The van der Waals surface area contributed by atoms with E-state index in [0.29, 0.717) is 32.3 Å². The lowest BCUT2D eigenvalue weighted by Crippen LogP contribution is -2.45. The summed E-state index contributed by atoms with van der Waals surface area (Å²) in [7, 11) is -3.75. The number of hydrogen-bond acceptors (Lipinski definition) is 7. The summed E-state index contributed by atoms with van der Waals surface area (Å²) in [6.45, 7) is 8.70. The van der Waals surface area contributed by atoms with Gasteiger partial charge in [0.2, 0.25) is 10.0 Å². The van der Waals surface area contributed by atoms with Crippen LogP contribution in [0.1, 0.15) is 52.5 Å². The highest BCUT2D eigenvalue weighted by Crippen LogP contribution is 2.53. The Bertz CT molecular complexity index is 1140. The SMILES string of the molecule is CC1(C)OB(CCCC2[C@@H]3CN(S(C)(=O)=O)C[C@@H]3CC2(N=[N+]=[N-])C(=O)OCc2ccccc2)OC1(C)C. The van der Waals surface area contributed by atoms with E-state index in [-0.39, 0.29) is 37.9 Å². The first kappa shape index (κ1) is 27.9. The molecule has 0 radical (unpaired) electrons. The van der Waals surface area contributed by atoms with Gasteiger partial charge in [0.05, 0.1) is 17.5 Å². The van der Waals surface area contributed by atoms with E-state index in [2.05, 4.69) is 10.0 Å². The molecule has 202 valence electrons. The van der Waals surface area contributed by atoms with E-state index < -0.39 is 32.7 Å². The van der Waals surface area contributed by atoms with Gasteiger partial charge in [-0.3, -0.25) is 4.79 Å². The quantitative estimate of drug-likeness (QED) is 0.154. The Morgan fingerprint density at radius 1 is 1.19 bits per heavy atom. The zero-order valence-corrected chi connectivity index (χ0v) is 23.1. The van der Waals surface area contributed by atoms with Crippen molar-refractivity contribution in [3.05, 3.63) is 46.3 Å². The van der Waals surface area contributed by atoms with E-state index in [9.17, 15) is 18.7 Å². The molecule has 1 aromatic rings. The van der Waals surface area contributed by atoms with E-state index in [1.165, 1.54) is 10.6 Å². The predicted octanol–water partition coefficient (Wildman–Crippen LogP) is 4.18. The Balaban J connectivity index is 1.53. The van der Waals surface area contributed by atoms with Crippen molar-refractivity contribution in [2.75, 3.05) is 19.3 Å². The lowest BCUT2D eigenvalue weighted by Gasteiger charge is -2.32. The van der Waals surface area contributed by atoms with Crippen molar-refractivity contribution in [1.29, 1.82) is 0 Å². The fourth-order valence-corrected chi connectivity index (χ4v) is 6.97. The Labute approximate surface area is 219 Å². The summed E-state index contributed by atoms with van der Waals surface area (Å²) in [5.74, 6) is -1.10. The van der Waals surface area contributed by atoms with Crippen molar-refractivity contribution in [3.8, 4) is 0 Å². The molecule has 2 unspecified atom stereocenters. The number of ether oxygens (including phenoxy) is 1. The molecule has 4 rings (SSSR count). The average molecular weight is 532 g/mol. The highest BCUT2D eigenvalue weighted by Gasteiger charge is 2.61. The van der Waals surface area contributed by atoms with Gasteiger partial charge in [-0.25, -0.2) is 12.7 Å². The second kappa shape index (κ2) is 10.2. The summed E-state index contributed by atoms with van der Waals surface area (Å²) in [6.07, 6.45) is 3.31. The van der Waals surface area contributed by atoms with Crippen LogP contribution >= 0.6 is 0 Å². The second-order valence-electron chi connectivity index (χ2n) is 11.6. The number of esters is 1. The van der Waals surface area contributed by atoms with Gasteiger partial charge < -0.3 is 14.0 Å². The van der Waals surface area contributed by atoms with Crippen molar-refractivity contribution in [3.63, 3.8) is 0 Å². The first-order valence-corrected chi connectivity index (χ1v) is 14.7. The van der Waals surface area contributed by atoms with Gasteiger partial charge in [0, 0.05) is 18.0 Å². The molecule has 10 nitrogen and oxygen atoms in total. The van der Waals surface area contributed by atoms with E-state index in [0.717, 1.165) is 5.56 Å². The van der Waals surface area contributed by atoms with Crippen molar-refractivity contribution in [2.45, 2.75) is 76.6 Å². The zero-order valence-electron chi connectivity index (χ0n) is 22.3. The van der Waals surface area contributed by atoms with E-state index >= 15 is 0 Å². The Morgan fingerprint density at radius 2 is 1.84 bits per heavy atom. The molecule has 4 atom stereocenters. The number of fused-ring (bicyclic) bond motifs is 1. The maximum absolute atomic E-state index is 13.6. The van der Waals surface area contributed by atoms with Crippen molar-refractivity contribution in [1.82, 2.24) is 4.31 Å². The van der Waals surface area contributed by atoms with Crippen molar-refractivity contribution in [2.24, 2.45) is 22.9 Å². The molecule has 1 aliphatic carbocycles. The molecule has 12 heteroatoms. The predicted molar refractivity (Wildman–Crippen MR) is 140 cm³/mol. The van der Waals surface area contributed by atoms with Crippen molar-refractivity contribution < 1.29 is 27.3 Å². The molecule has 3 fully saturated rings. The lowest BCUT2D eigenvalue weighted by atomic mass is 9.75. The molecule has 2 heterocycles. The molecule has 2 saturated heterocycles. The topological polar surface area (TPSA) is 131 Å². The molecule has 1 aromatic carbocycles. The summed E-state index contributed by atoms with van der Waals surface area (Å²) in [6, 6.07) is 9.34. The van der Waals surface area contributed by atoms with Crippen LogP contribution < -0.4 is 0 Å². The highest BCUT2D eigenvalue weighted by molar-refractivity contribution is 7.88. The van der Waals surface area contributed by atoms with E-state index in [1.807, 2.05) is 58.0 Å². The monoisotopic (exact) mass is 532 g/mol. The highest BCUT2D eigenvalue weighted by atomic mass is 32.2. The molecule has 37 heavy (non-hydrogen) atoms. The van der Waals surface area contributed by atoms with Gasteiger partial charge in [-0.15, -0.1) is 0 Å². The largest absolute Gasteiger partial charge is 0.460 e. The van der Waals surface area contributed by atoms with Crippen LogP contribution in [0.5, 0.6) is 0 Å². The molecule has 0 N–H and O–H groups in total. The number of azide groups is 1. The maximum Gasteiger partial charge on any atom is 0.457 e. The van der Waals surface area contributed by atoms with Crippen LogP contribution in [0.4, 0.5) is 0 Å². The van der Waals surface area contributed by atoms with Crippen molar-refractivity contribution >= 4 is 23.1 Å². The molecule has 2 aliphatic heterocycles. The fourth-order valence-electron chi connectivity index (χ4n) is 6.06. The fraction of sp³-hybridized carbons (Fsp3) is 0.720. The third kappa shape index (κ3) is 5.54. The van der Waals surface area contributed by atoms with Gasteiger partial charge in [-0.05, 0) is 75.7 Å². The smallest absolute Gasteiger partial charge is 0.457 e. The molecule has 1 saturated carbocycles. The summed E-state index contributed by atoms with van der Waals surface area (Å²) < 4.78 is 44.0. The zero-order chi connectivity index (χ0) is 27.1. The van der Waals surface area contributed by atoms with Crippen LogP contribution in [0.25, 0.3) is 10.4 Å². The average Bonchev–Trinajstić information content (AvgIpc) is 3.41. The van der Waals surface area contributed by atoms with Gasteiger partial charge in [0.1, 0.15) is 12.1 Å². The minimum Gasteiger partial charge on any atom is -0.460 e. The van der Waals surface area contributed by atoms with Crippen LogP contribution in [0, 0.1) is 17.8 Å². The van der Waals surface area contributed by atoms with Gasteiger partial charge in [-0.2, -0.15) is 0 Å². The normalized spacial score (nSPS) is 30.6. The second-order valence-corrected chi connectivity index (χ2v) is 13.6. The van der Waals surface area contributed by atoms with Crippen LogP contribution in [0.3, 0.4) is 0 Å². The minimum atomic E-state index is -3.37. The molecular formula is C25H37BN4O6S. The van der Waals surface area contributed by atoms with Gasteiger partial charge in [0.25, 0.3) is 0 Å². The molecule has 0 amide bonds. The number of hydrogen-bond donors (Lipinski definition) is 0. The number of rotatable bonds is 9. The van der Waals surface area contributed by atoms with Gasteiger partial charge in [-0.1, -0.05) is 41.9 Å². The number of nitrogens with zero attached hydrogens (tertiary/aromatic N) is 4. The van der Waals surface area contributed by atoms with Crippen LogP contribution in [-0.4, -0.2) is 61.9 Å². The van der Waals surface area contributed by atoms with E-state index in [4.69, 9.17) is 14.0 Å². The summed E-state index contributed by atoms with van der Waals surface area (Å²) in [5.41, 5.74) is 8.09. The van der Waals surface area contributed by atoms with Crippen LogP contribution in [-0.2, 0) is 35.5 Å². The Morgan fingerprint density at radius 3 is 2.43 bits per heavy atom. The number of sulfonamides is 1. The maximum atomic E-state index is 13.6. The standard InChI is InChI=1S/C25H37BN4O6S/c1-23(2)24(3,4)36-26(35-23)13-9-12-21-20-16-30(37(5,32)33)15-19(20)14-25(21,28-29-27)22(31)34-17-18-10-7-6-8-11-18/h6-8,10-11,19-21H,9,12-17H2,1-5H3/t19-,20+,21?,25?/m0/s1. The molecule has 3 aliphatic rings. The third-order valence-corrected chi connectivity index (χ3v) is 9.91. The van der Waals surface area contributed by atoms with Gasteiger partial charge >= 0.3 is 13.1 Å². The van der Waals surface area contributed by atoms with E-state index in [1.54, 1.807) is 0 Å². The first-order chi connectivity index (χ1) is 17.3. The minimum absolute atomic E-state index is 0.0772.